The van der Waals surface area contributed by atoms with Gasteiger partial charge in [-0.05, 0) is 67.9 Å². The normalized spacial score (nSPS) is 19.4. The van der Waals surface area contributed by atoms with E-state index in [4.69, 9.17) is 44.5 Å². The van der Waals surface area contributed by atoms with Gasteiger partial charge < -0.3 is 19.4 Å². The first-order valence-corrected chi connectivity index (χ1v) is 16.3. The van der Waals surface area contributed by atoms with Crippen LogP contribution < -0.4 is 9.64 Å². The summed E-state index contributed by atoms with van der Waals surface area (Å²) in [4.78, 5) is 31.9. The molecule has 8 nitrogen and oxygen atoms in total. The Morgan fingerprint density at radius 3 is 2.54 bits per heavy atom. The molecule has 7 rings (SSSR count). The minimum absolute atomic E-state index is 0.00478. The van der Waals surface area contributed by atoms with Gasteiger partial charge in [0.15, 0.2) is 5.83 Å². The number of carbonyl (C=O) groups excluding carboxylic acids is 1. The molecular weight excluding hydrogens is 626 g/mol. The van der Waals surface area contributed by atoms with Crippen molar-refractivity contribution in [2.45, 2.75) is 37.3 Å². The Labute approximate surface area is 277 Å². The van der Waals surface area contributed by atoms with Gasteiger partial charge in [0.25, 0.3) is 5.91 Å². The van der Waals surface area contributed by atoms with Crippen LogP contribution >= 0.6 is 23.2 Å². The van der Waals surface area contributed by atoms with E-state index in [1.165, 1.54) is 4.90 Å². The Morgan fingerprint density at radius 1 is 1.04 bits per heavy atom. The van der Waals surface area contributed by atoms with Crippen molar-refractivity contribution in [1.29, 1.82) is 0 Å². The molecule has 11 heteroatoms. The van der Waals surface area contributed by atoms with E-state index in [9.17, 15) is 9.18 Å². The van der Waals surface area contributed by atoms with Gasteiger partial charge in [-0.2, -0.15) is 9.97 Å². The third-order valence-electron chi connectivity index (χ3n) is 9.75. The molecule has 0 spiro atoms. The summed E-state index contributed by atoms with van der Waals surface area (Å²) < 4.78 is 20.3. The van der Waals surface area contributed by atoms with Gasteiger partial charge in [0, 0.05) is 46.0 Å². The largest absolute Gasteiger partial charge is 0.461 e. The quantitative estimate of drug-likeness (QED) is 0.155. The van der Waals surface area contributed by atoms with Gasteiger partial charge in [-0.1, -0.05) is 60.1 Å². The van der Waals surface area contributed by atoms with Crippen LogP contribution in [0.15, 0.2) is 60.9 Å². The predicted molar refractivity (Wildman–Crippen MR) is 180 cm³/mol. The van der Waals surface area contributed by atoms with Crippen LogP contribution in [0.5, 0.6) is 6.01 Å². The Kier molecular flexibility index (Phi) is 8.22. The Morgan fingerprint density at radius 2 is 1.80 bits per heavy atom. The number of halogens is 3. The highest BCUT2D eigenvalue weighted by atomic mass is 35.5. The number of piperazine rings is 1. The number of benzene rings is 3. The third-order valence-corrected chi connectivity index (χ3v) is 10.4. The molecule has 0 saturated carbocycles. The number of fused-ring (bicyclic) bond motifs is 3. The van der Waals surface area contributed by atoms with Gasteiger partial charge in [0.05, 0.1) is 11.1 Å². The topological polar surface area (TPSA) is 66.2 Å². The lowest BCUT2D eigenvalue weighted by molar-refractivity contribution is -0.131. The van der Waals surface area contributed by atoms with E-state index in [1.54, 1.807) is 0 Å². The maximum atomic E-state index is 13.9. The fraction of sp³-hybridized carbons (Fsp3) is 0.371. The van der Waals surface area contributed by atoms with Crippen molar-refractivity contribution >= 4 is 56.6 Å². The zero-order chi connectivity index (χ0) is 32.0. The standard InChI is InChI=1S/C35H33Cl2FN6O2/c1-22(38)33(45)44-16-15-42(20-24(44)19-39-2)32-27-17-29(37)26(25-9-3-7-23-8-4-10-28(36)31(23)25)18-30(27)40-34(41-32)46-21-35-11-5-13-43(35)14-6-12-35/h3-4,7-10,17-18,24H,1,5-6,11-16,19-21H2/t24-/m0/s1. The van der Waals surface area contributed by atoms with Crippen molar-refractivity contribution in [3.8, 4) is 17.1 Å². The second-order valence-electron chi connectivity index (χ2n) is 12.4. The molecule has 3 fully saturated rings. The van der Waals surface area contributed by atoms with Crippen LogP contribution in [0.2, 0.25) is 10.0 Å². The summed E-state index contributed by atoms with van der Waals surface area (Å²) in [7, 11) is 0. The van der Waals surface area contributed by atoms with Crippen LogP contribution in [0.1, 0.15) is 25.7 Å². The van der Waals surface area contributed by atoms with Gasteiger partial charge in [0.1, 0.15) is 18.5 Å². The molecular formula is C35H33Cl2FN6O2. The molecule has 1 aromatic heterocycles. The first kappa shape index (κ1) is 30.7. The number of aromatic nitrogens is 2. The number of hydrogen-bond donors (Lipinski definition) is 0. The van der Waals surface area contributed by atoms with Crippen molar-refractivity contribution in [3.05, 3.63) is 82.4 Å². The molecule has 3 saturated heterocycles. The maximum absolute atomic E-state index is 13.9. The molecule has 0 bridgehead atoms. The molecule has 4 aromatic rings. The van der Waals surface area contributed by atoms with Crippen molar-refractivity contribution in [2.75, 3.05) is 50.8 Å². The van der Waals surface area contributed by atoms with Gasteiger partial charge in [-0.25, -0.2) is 11.0 Å². The van der Waals surface area contributed by atoms with Crippen LogP contribution in [0.3, 0.4) is 0 Å². The first-order chi connectivity index (χ1) is 22.3. The summed E-state index contributed by atoms with van der Waals surface area (Å²) in [6.45, 7) is 14.2. The number of amides is 1. The van der Waals surface area contributed by atoms with E-state index in [0.29, 0.717) is 39.9 Å². The molecule has 3 aliphatic rings. The van der Waals surface area contributed by atoms with E-state index in [-0.39, 0.29) is 31.2 Å². The van der Waals surface area contributed by atoms with Crippen molar-refractivity contribution in [3.63, 3.8) is 0 Å². The van der Waals surface area contributed by atoms with E-state index in [1.807, 2.05) is 53.4 Å². The summed E-state index contributed by atoms with van der Waals surface area (Å²) in [6.07, 6.45) is 4.48. The second-order valence-corrected chi connectivity index (χ2v) is 13.2. The lowest BCUT2D eigenvalue weighted by atomic mass is 9.95. The zero-order valence-electron chi connectivity index (χ0n) is 25.3. The fourth-order valence-corrected chi connectivity index (χ4v) is 8.09. The number of hydrogen-bond acceptors (Lipinski definition) is 6. The summed E-state index contributed by atoms with van der Waals surface area (Å²) >= 11 is 13.7. The highest BCUT2D eigenvalue weighted by molar-refractivity contribution is 6.38. The average molecular weight is 660 g/mol. The molecule has 46 heavy (non-hydrogen) atoms. The van der Waals surface area contributed by atoms with Crippen molar-refractivity contribution < 1.29 is 13.9 Å². The zero-order valence-corrected chi connectivity index (χ0v) is 26.8. The van der Waals surface area contributed by atoms with E-state index >= 15 is 0 Å². The highest BCUT2D eigenvalue weighted by Gasteiger charge is 2.45. The van der Waals surface area contributed by atoms with Crippen molar-refractivity contribution in [1.82, 2.24) is 19.8 Å². The fourth-order valence-electron chi connectivity index (χ4n) is 7.54. The molecule has 3 aromatic carbocycles. The molecule has 1 amide bonds. The predicted octanol–water partition coefficient (Wildman–Crippen LogP) is 7.18. The summed E-state index contributed by atoms with van der Waals surface area (Å²) in [5.41, 5.74) is 2.32. The van der Waals surface area contributed by atoms with E-state index in [2.05, 4.69) is 16.3 Å². The van der Waals surface area contributed by atoms with E-state index in [0.717, 1.165) is 60.7 Å². The van der Waals surface area contributed by atoms with Gasteiger partial charge in [-0.3, -0.25) is 9.69 Å². The van der Waals surface area contributed by atoms with Gasteiger partial charge >= 0.3 is 6.01 Å². The van der Waals surface area contributed by atoms with Crippen LogP contribution in [0.25, 0.3) is 37.6 Å². The monoisotopic (exact) mass is 658 g/mol. The number of anilines is 1. The Bertz CT molecular complexity index is 1900. The first-order valence-electron chi connectivity index (χ1n) is 15.6. The average Bonchev–Trinajstić information content (AvgIpc) is 3.64. The lowest BCUT2D eigenvalue weighted by Crippen LogP contribution is -2.56. The van der Waals surface area contributed by atoms with Gasteiger partial charge in [0.2, 0.25) is 6.54 Å². The number of nitrogens with zero attached hydrogens (tertiary/aromatic N) is 6. The third kappa shape index (κ3) is 5.42. The molecule has 0 unspecified atom stereocenters. The molecule has 4 heterocycles. The summed E-state index contributed by atoms with van der Waals surface area (Å²) in [5.74, 6) is -1.23. The molecule has 0 N–H and O–H groups in total. The smallest absolute Gasteiger partial charge is 0.319 e. The van der Waals surface area contributed by atoms with Crippen LogP contribution in [-0.2, 0) is 4.79 Å². The SMILES string of the molecule is [C-]#[N+]C[C@H]1CN(c2nc(OCC34CCCN3CCC4)nc3cc(-c4cccc5cccc(Cl)c45)c(Cl)cc23)CCN1C(=O)C(=C)F. The molecule has 1 atom stereocenters. The lowest BCUT2D eigenvalue weighted by Gasteiger charge is -2.39. The van der Waals surface area contributed by atoms with E-state index < -0.39 is 17.8 Å². The molecule has 236 valence electrons. The van der Waals surface area contributed by atoms with Crippen LogP contribution in [0.4, 0.5) is 10.2 Å². The summed E-state index contributed by atoms with van der Waals surface area (Å²) in [6, 6.07) is 15.3. The highest BCUT2D eigenvalue weighted by Crippen LogP contribution is 2.42. The second kappa shape index (κ2) is 12.3. The maximum Gasteiger partial charge on any atom is 0.319 e. The van der Waals surface area contributed by atoms with Crippen LogP contribution in [0, 0.1) is 6.57 Å². The van der Waals surface area contributed by atoms with Crippen molar-refractivity contribution in [2.24, 2.45) is 0 Å². The Hall–Kier alpha value is -3.97. The van der Waals surface area contributed by atoms with Crippen LogP contribution in [-0.4, -0.2) is 83.1 Å². The molecule has 0 aliphatic carbocycles. The number of rotatable bonds is 7. The minimum atomic E-state index is -1.04. The summed E-state index contributed by atoms with van der Waals surface area (Å²) in [5, 5.41) is 3.75. The number of carbonyl (C=O) groups is 1. The Balaban J connectivity index is 1.32. The number of ether oxygens (including phenoxy) is 1. The molecule has 0 radical (unpaired) electrons. The minimum Gasteiger partial charge on any atom is -0.461 e. The van der Waals surface area contributed by atoms with Gasteiger partial charge in [-0.15, -0.1) is 0 Å². The molecule has 3 aliphatic heterocycles.